The Morgan fingerprint density at radius 3 is 2.57 bits per heavy atom. The topological polar surface area (TPSA) is 64.6 Å². The zero-order valence-electron chi connectivity index (χ0n) is 12.5. The number of unbranched alkanes of at least 4 members (excludes halogenated alkanes) is 1. The van der Waals surface area contributed by atoms with Crippen molar-refractivity contribution in [1.29, 1.82) is 0 Å². The van der Waals surface area contributed by atoms with E-state index in [1.165, 1.54) is 6.66 Å². The van der Waals surface area contributed by atoms with E-state index in [4.69, 9.17) is 20.9 Å². The number of halogens is 1. The molecular weight excluding hydrogens is 313 g/mol. The van der Waals surface area contributed by atoms with Gasteiger partial charge in [0.25, 0.3) is 0 Å². The number of hydrogen-bond donors (Lipinski definition) is 1. The predicted octanol–water partition coefficient (Wildman–Crippen LogP) is 3.86. The molecule has 1 rings (SSSR count). The van der Waals surface area contributed by atoms with Crippen LogP contribution in [0, 0.1) is 0 Å². The third-order valence-corrected chi connectivity index (χ3v) is 4.28. The second-order valence-electron chi connectivity index (χ2n) is 4.76. The van der Waals surface area contributed by atoms with Gasteiger partial charge in [0.15, 0.2) is 0 Å². The Balaban J connectivity index is 2.52. The highest BCUT2D eigenvalue weighted by Crippen LogP contribution is 2.39. The fourth-order valence-electron chi connectivity index (χ4n) is 1.57. The number of ether oxygens (including phenoxy) is 1. The molecule has 1 aromatic rings. The fraction of sp³-hybridized carbons (Fsp3) is 0.500. The molecule has 1 unspecified atom stereocenters. The van der Waals surface area contributed by atoms with Crippen molar-refractivity contribution in [3.63, 3.8) is 0 Å². The number of carbonyl (C=O) groups excluding carboxylic acids is 1. The molecule has 118 valence electrons. The van der Waals surface area contributed by atoms with E-state index in [0.29, 0.717) is 17.4 Å². The molecule has 0 aliphatic carbocycles. The van der Waals surface area contributed by atoms with Crippen molar-refractivity contribution in [3.8, 4) is 5.75 Å². The largest absolute Gasteiger partial charge is 0.465 e. The van der Waals surface area contributed by atoms with Crippen molar-refractivity contribution < 1.29 is 18.6 Å². The maximum absolute atomic E-state index is 12.3. The van der Waals surface area contributed by atoms with Gasteiger partial charge >= 0.3 is 13.5 Å². The predicted molar refractivity (Wildman–Crippen MR) is 84.1 cm³/mol. The Bertz CT molecular complexity index is 506. The van der Waals surface area contributed by atoms with Crippen molar-refractivity contribution in [3.05, 3.63) is 29.3 Å². The van der Waals surface area contributed by atoms with E-state index in [-0.39, 0.29) is 0 Å². The van der Waals surface area contributed by atoms with E-state index >= 15 is 0 Å². The minimum Gasteiger partial charge on any atom is -0.465 e. The van der Waals surface area contributed by atoms with Gasteiger partial charge in [-0.1, -0.05) is 24.9 Å². The molecule has 0 aliphatic rings. The summed E-state index contributed by atoms with van der Waals surface area (Å²) in [6, 6.07) is 5.80. The molecule has 0 aromatic heterocycles. The van der Waals surface area contributed by atoms with Crippen LogP contribution in [0.2, 0.25) is 5.02 Å². The molecule has 0 radical (unpaired) electrons. The maximum atomic E-state index is 12.3. The van der Waals surface area contributed by atoms with Gasteiger partial charge in [-0.15, -0.1) is 0 Å². The van der Waals surface area contributed by atoms with E-state index in [2.05, 4.69) is 5.09 Å². The fourth-order valence-corrected chi connectivity index (χ4v) is 3.08. The third kappa shape index (κ3) is 6.98. The van der Waals surface area contributed by atoms with Crippen LogP contribution in [0.3, 0.4) is 0 Å². The highest BCUT2D eigenvalue weighted by Gasteiger charge is 2.25. The molecule has 0 aliphatic heterocycles. The monoisotopic (exact) mass is 333 g/mol. The molecule has 2 atom stereocenters. The maximum Gasteiger partial charge on any atom is 0.323 e. The number of hydrogen-bond acceptors (Lipinski definition) is 4. The van der Waals surface area contributed by atoms with Gasteiger partial charge in [-0.05, 0) is 37.6 Å². The summed E-state index contributed by atoms with van der Waals surface area (Å²) in [5.74, 6) is -0.0190. The second kappa shape index (κ2) is 8.42. The lowest BCUT2D eigenvalue weighted by Gasteiger charge is -2.20. The van der Waals surface area contributed by atoms with Crippen LogP contribution < -0.4 is 9.61 Å². The van der Waals surface area contributed by atoms with Crippen LogP contribution >= 0.6 is 19.1 Å². The molecule has 0 saturated carbocycles. The summed E-state index contributed by atoms with van der Waals surface area (Å²) in [4.78, 5) is 11.7. The Hall–Kier alpha value is -1.03. The zero-order chi connectivity index (χ0) is 15.9. The normalized spacial score (nSPS) is 15.0. The van der Waals surface area contributed by atoms with E-state index in [9.17, 15) is 9.36 Å². The first-order valence-electron chi connectivity index (χ1n) is 6.81. The smallest absolute Gasteiger partial charge is 0.323 e. The van der Waals surface area contributed by atoms with Gasteiger partial charge in [-0.25, -0.2) is 5.09 Å². The minimum atomic E-state index is -3.17. The van der Waals surface area contributed by atoms with E-state index in [1.54, 1.807) is 31.2 Å². The lowest BCUT2D eigenvalue weighted by Crippen LogP contribution is -2.34. The summed E-state index contributed by atoms with van der Waals surface area (Å²) in [5.41, 5.74) is 0. The lowest BCUT2D eigenvalue weighted by molar-refractivity contribution is -0.145. The first-order chi connectivity index (χ1) is 9.84. The highest BCUT2D eigenvalue weighted by atomic mass is 35.5. The Morgan fingerprint density at radius 2 is 2.00 bits per heavy atom. The molecule has 0 bridgehead atoms. The van der Waals surface area contributed by atoms with Gasteiger partial charge in [-0.2, -0.15) is 0 Å². The average molecular weight is 334 g/mol. The van der Waals surface area contributed by atoms with Crippen LogP contribution in [-0.4, -0.2) is 25.3 Å². The van der Waals surface area contributed by atoms with Crippen molar-refractivity contribution in [2.45, 2.75) is 32.7 Å². The van der Waals surface area contributed by atoms with Gasteiger partial charge in [0.2, 0.25) is 0 Å². The summed E-state index contributed by atoms with van der Waals surface area (Å²) < 4.78 is 22.8. The number of esters is 1. The number of rotatable bonds is 8. The average Bonchev–Trinajstić information content (AvgIpc) is 2.40. The standard InChI is InChI=1S/C14H21ClNO4P/c1-4-5-10-19-14(17)11(2)16-21(3,18)20-13-8-6-12(15)7-9-13/h6-9,11H,4-5,10H2,1-3H3,(H,16,18)/t11-,21?/m0/s1. The molecule has 1 N–H and O–H groups in total. The molecule has 0 heterocycles. The molecular formula is C14H21ClNO4P. The van der Waals surface area contributed by atoms with Crippen LogP contribution in [0.15, 0.2) is 24.3 Å². The summed E-state index contributed by atoms with van der Waals surface area (Å²) in [6.45, 7) is 5.39. The zero-order valence-corrected chi connectivity index (χ0v) is 14.1. The Morgan fingerprint density at radius 1 is 1.38 bits per heavy atom. The van der Waals surface area contributed by atoms with Gasteiger partial charge in [-0.3, -0.25) is 9.36 Å². The summed E-state index contributed by atoms with van der Waals surface area (Å²) >= 11 is 5.77. The van der Waals surface area contributed by atoms with Gasteiger partial charge in [0.1, 0.15) is 11.8 Å². The SMILES string of the molecule is CCCCOC(=O)[C@H](C)NP(C)(=O)Oc1ccc(Cl)cc1. The summed E-state index contributed by atoms with van der Waals surface area (Å²) in [7, 11) is -3.17. The quantitative estimate of drug-likeness (QED) is 0.444. The molecule has 0 fully saturated rings. The number of benzene rings is 1. The molecule has 7 heteroatoms. The van der Waals surface area contributed by atoms with Gasteiger partial charge < -0.3 is 9.26 Å². The van der Waals surface area contributed by atoms with Crippen molar-refractivity contribution in [1.82, 2.24) is 5.09 Å². The molecule has 21 heavy (non-hydrogen) atoms. The van der Waals surface area contributed by atoms with E-state index in [1.807, 2.05) is 6.92 Å². The van der Waals surface area contributed by atoms with Crippen LogP contribution in [0.1, 0.15) is 26.7 Å². The summed E-state index contributed by atoms with van der Waals surface area (Å²) in [5, 5.41) is 3.24. The van der Waals surface area contributed by atoms with Crippen molar-refractivity contribution >= 4 is 25.1 Å². The number of nitrogens with one attached hydrogen (secondary N) is 1. The first-order valence-corrected chi connectivity index (χ1v) is 9.26. The van der Waals surface area contributed by atoms with Crippen LogP contribution in [-0.2, 0) is 14.1 Å². The van der Waals surface area contributed by atoms with Crippen LogP contribution in [0.25, 0.3) is 0 Å². The molecule has 1 aromatic carbocycles. The molecule has 0 saturated heterocycles. The molecule has 5 nitrogen and oxygen atoms in total. The highest BCUT2D eigenvalue weighted by molar-refractivity contribution is 7.56. The summed E-state index contributed by atoms with van der Waals surface area (Å²) in [6.07, 6.45) is 1.75. The van der Waals surface area contributed by atoms with Crippen molar-refractivity contribution in [2.75, 3.05) is 13.3 Å². The molecule has 0 amide bonds. The van der Waals surface area contributed by atoms with Crippen LogP contribution in [0.5, 0.6) is 5.75 Å². The first kappa shape index (κ1) is 18.0. The Labute approximate surface area is 130 Å². The van der Waals surface area contributed by atoms with Crippen molar-refractivity contribution in [2.24, 2.45) is 0 Å². The second-order valence-corrected chi connectivity index (χ2v) is 7.33. The number of carbonyl (C=O) groups is 1. The van der Waals surface area contributed by atoms with Gasteiger partial charge in [0.05, 0.1) is 6.61 Å². The minimum absolute atomic E-state index is 0.368. The van der Waals surface area contributed by atoms with E-state index in [0.717, 1.165) is 12.8 Å². The molecule has 0 spiro atoms. The lowest BCUT2D eigenvalue weighted by atomic mass is 10.3. The van der Waals surface area contributed by atoms with Crippen LogP contribution in [0.4, 0.5) is 0 Å². The third-order valence-electron chi connectivity index (χ3n) is 2.62. The van der Waals surface area contributed by atoms with Gasteiger partial charge in [0, 0.05) is 11.7 Å². The van der Waals surface area contributed by atoms with E-state index < -0.39 is 19.5 Å². The Kier molecular flexibility index (Phi) is 7.23.